The lowest BCUT2D eigenvalue weighted by Crippen LogP contribution is -1.98. The number of hydrogen-bond acceptors (Lipinski definition) is 4. The van der Waals surface area contributed by atoms with E-state index in [0.717, 1.165) is 4.88 Å². The van der Waals surface area contributed by atoms with Crippen LogP contribution in [0, 0.1) is 6.92 Å². The lowest BCUT2D eigenvalue weighted by Gasteiger charge is -1.90. The van der Waals surface area contributed by atoms with Gasteiger partial charge in [0.15, 0.2) is 0 Å². The molecule has 0 saturated carbocycles. The van der Waals surface area contributed by atoms with Crippen molar-refractivity contribution >= 4 is 22.8 Å². The third-order valence-electron chi connectivity index (χ3n) is 1.93. The molecule has 0 saturated heterocycles. The zero-order valence-electron chi connectivity index (χ0n) is 7.57. The number of nitrogens with zero attached hydrogens (tertiary/aromatic N) is 1. The summed E-state index contributed by atoms with van der Waals surface area (Å²) in [5, 5.41) is 6.36. The number of aryl methyl sites for hydroxylation is 1. The van der Waals surface area contributed by atoms with Crippen molar-refractivity contribution in [2.24, 2.45) is 0 Å². The number of rotatable bonds is 2. The molecule has 0 spiro atoms. The second-order valence-electron chi connectivity index (χ2n) is 2.92. The Balaban J connectivity index is 2.37. The summed E-state index contributed by atoms with van der Waals surface area (Å²) in [6, 6.07) is 3.34. The zero-order valence-corrected chi connectivity index (χ0v) is 8.39. The topological polar surface area (TPSA) is 71.8 Å². The first-order valence-corrected chi connectivity index (χ1v) is 4.90. The highest BCUT2D eigenvalue weighted by molar-refractivity contribution is 7.14. The van der Waals surface area contributed by atoms with Gasteiger partial charge in [-0.3, -0.25) is 9.89 Å². The first-order chi connectivity index (χ1) is 6.68. The van der Waals surface area contributed by atoms with Gasteiger partial charge >= 0.3 is 0 Å². The lowest BCUT2D eigenvalue weighted by molar-refractivity contribution is 0.103. The Bertz CT molecular complexity index is 439. The molecular weight excluding hydrogens is 198 g/mol. The zero-order chi connectivity index (χ0) is 10.1. The molecule has 0 aliphatic rings. The maximum absolute atomic E-state index is 11.8. The first-order valence-electron chi connectivity index (χ1n) is 4.08. The average Bonchev–Trinajstić information content (AvgIpc) is 2.76. The van der Waals surface area contributed by atoms with Gasteiger partial charge in [-0.05, 0) is 19.1 Å². The van der Waals surface area contributed by atoms with Gasteiger partial charge in [0.05, 0.1) is 4.88 Å². The molecule has 0 unspecified atom stereocenters. The molecule has 0 aromatic carbocycles. The van der Waals surface area contributed by atoms with E-state index in [0.29, 0.717) is 16.3 Å². The second-order valence-corrected chi connectivity index (χ2v) is 4.18. The van der Waals surface area contributed by atoms with Crippen molar-refractivity contribution in [1.82, 2.24) is 10.2 Å². The summed E-state index contributed by atoms with van der Waals surface area (Å²) in [6.45, 7) is 1.89. The number of anilines is 1. The number of carbonyl (C=O) groups excluding carboxylic acids is 1. The third kappa shape index (κ3) is 1.42. The van der Waals surface area contributed by atoms with E-state index in [9.17, 15) is 4.79 Å². The molecule has 2 aromatic rings. The molecule has 5 heteroatoms. The molecule has 0 bridgehead atoms. The fourth-order valence-corrected chi connectivity index (χ4v) is 2.02. The summed E-state index contributed by atoms with van der Waals surface area (Å²) in [6.07, 6.45) is 1.55. The van der Waals surface area contributed by atoms with Gasteiger partial charge in [-0.25, -0.2) is 0 Å². The van der Waals surface area contributed by atoms with Crippen molar-refractivity contribution in [2.75, 3.05) is 5.73 Å². The number of ketones is 1. The monoisotopic (exact) mass is 207 g/mol. The normalized spacial score (nSPS) is 10.4. The number of carbonyl (C=O) groups is 1. The largest absolute Gasteiger partial charge is 0.398 e. The summed E-state index contributed by atoms with van der Waals surface area (Å²) in [5.41, 5.74) is 6.82. The lowest BCUT2D eigenvalue weighted by atomic mass is 10.2. The van der Waals surface area contributed by atoms with Crippen LogP contribution in [-0.4, -0.2) is 16.0 Å². The summed E-state index contributed by atoms with van der Waals surface area (Å²) >= 11 is 1.40. The number of H-pyrrole nitrogens is 1. The molecule has 4 nitrogen and oxygen atoms in total. The van der Waals surface area contributed by atoms with Gasteiger partial charge in [-0.15, -0.1) is 11.3 Å². The number of aromatic nitrogens is 2. The molecule has 0 fully saturated rings. The van der Waals surface area contributed by atoms with Crippen LogP contribution in [0.4, 0.5) is 5.69 Å². The van der Waals surface area contributed by atoms with Crippen LogP contribution in [0.25, 0.3) is 0 Å². The second kappa shape index (κ2) is 3.26. The Labute approximate surface area is 84.8 Å². The van der Waals surface area contributed by atoms with E-state index in [4.69, 9.17) is 5.73 Å². The minimum Gasteiger partial charge on any atom is -0.398 e. The van der Waals surface area contributed by atoms with Gasteiger partial charge in [0.1, 0.15) is 5.69 Å². The average molecular weight is 207 g/mol. The molecule has 0 amide bonds. The first kappa shape index (κ1) is 8.96. The molecule has 2 rings (SSSR count). The summed E-state index contributed by atoms with van der Waals surface area (Å²) in [5.74, 6) is -0.0627. The summed E-state index contributed by atoms with van der Waals surface area (Å²) < 4.78 is 0. The van der Waals surface area contributed by atoms with Gasteiger partial charge < -0.3 is 5.73 Å². The molecule has 2 aromatic heterocycles. The van der Waals surface area contributed by atoms with Gasteiger partial charge in [0.2, 0.25) is 5.78 Å². The fourth-order valence-electron chi connectivity index (χ4n) is 1.12. The highest BCUT2D eigenvalue weighted by atomic mass is 32.1. The maximum atomic E-state index is 11.8. The van der Waals surface area contributed by atoms with E-state index in [1.807, 2.05) is 6.92 Å². The molecule has 0 aliphatic heterocycles. The Morgan fingerprint density at radius 3 is 2.93 bits per heavy atom. The Kier molecular flexibility index (Phi) is 2.09. The van der Waals surface area contributed by atoms with Crippen molar-refractivity contribution in [3.8, 4) is 0 Å². The van der Waals surface area contributed by atoms with E-state index in [2.05, 4.69) is 10.2 Å². The Morgan fingerprint density at radius 1 is 1.64 bits per heavy atom. The predicted molar refractivity (Wildman–Crippen MR) is 55.5 cm³/mol. The molecule has 3 N–H and O–H groups in total. The highest BCUT2D eigenvalue weighted by Crippen LogP contribution is 2.24. The van der Waals surface area contributed by atoms with Crippen molar-refractivity contribution in [2.45, 2.75) is 6.92 Å². The van der Waals surface area contributed by atoms with Crippen molar-refractivity contribution in [1.29, 1.82) is 0 Å². The van der Waals surface area contributed by atoms with Crippen molar-refractivity contribution < 1.29 is 4.79 Å². The highest BCUT2D eigenvalue weighted by Gasteiger charge is 2.13. The SMILES string of the molecule is Cc1sc(C(=O)c2ccn[nH]2)cc1N. The van der Waals surface area contributed by atoms with E-state index in [-0.39, 0.29) is 5.78 Å². The van der Waals surface area contributed by atoms with Gasteiger partial charge in [0.25, 0.3) is 0 Å². The molecule has 0 radical (unpaired) electrons. The maximum Gasteiger partial charge on any atom is 0.220 e. The number of thiophene rings is 1. The van der Waals surface area contributed by atoms with Crippen LogP contribution >= 0.6 is 11.3 Å². The number of nitrogen functional groups attached to an aromatic ring is 1. The van der Waals surface area contributed by atoms with Crippen LogP contribution < -0.4 is 5.73 Å². The van der Waals surface area contributed by atoms with Gasteiger partial charge in [0, 0.05) is 16.8 Å². The molecule has 14 heavy (non-hydrogen) atoms. The van der Waals surface area contributed by atoms with Crippen molar-refractivity contribution in [3.63, 3.8) is 0 Å². The Hall–Kier alpha value is -1.62. The summed E-state index contributed by atoms with van der Waals surface area (Å²) in [4.78, 5) is 13.4. The third-order valence-corrected chi connectivity index (χ3v) is 2.99. The number of nitrogens with one attached hydrogen (secondary N) is 1. The molecule has 0 atom stereocenters. The van der Waals surface area contributed by atoms with Crippen LogP contribution in [0.3, 0.4) is 0 Å². The van der Waals surface area contributed by atoms with Gasteiger partial charge in [-0.2, -0.15) is 5.10 Å². The number of aromatic amines is 1. The predicted octanol–water partition coefficient (Wildman–Crippen LogP) is 1.59. The van der Waals surface area contributed by atoms with Gasteiger partial charge in [-0.1, -0.05) is 0 Å². The van der Waals surface area contributed by atoms with Crippen LogP contribution in [0.15, 0.2) is 18.3 Å². The van der Waals surface area contributed by atoms with Crippen LogP contribution in [0.5, 0.6) is 0 Å². The van der Waals surface area contributed by atoms with Crippen molar-refractivity contribution in [3.05, 3.63) is 33.8 Å². The van der Waals surface area contributed by atoms with Crippen LogP contribution in [0.2, 0.25) is 0 Å². The standard InChI is InChI=1S/C9H9N3OS/c1-5-6(10)4-8(14-5)9(13)7-2-3-11-12-7/h2-4H,10H2,1H3,(H,11,12). The Morgan fingerprint density at radius 2 is 2.43 bits per heavy atom. The van der Waals surface area contributed by atoms with E-state index >= 15 is 0 Å². The van der Waals surface area contributed by atoms with E-state index < -0.39 is 0 Å². The molecule has 2 heterocycles. The van der Waals surface area contributed by atoms with Crippen LogP contribution in [-0.2, 0) is 0 Å². The number of hydrogen-bond donors (Lipinski definition) is 2. The smallest absolute Gasteiger partial charge is 0.220 e. The van der Waals surface area contributed by atoms with Crippen LogP contribution in [0.1, 0.15) is 20.2 Å². The molecule has 0 aliphatic carbocycles. The quantitative estimate of drug-likeness (QED) is 0.734. The van der Waals surface area contributed by atoms with E-state index in [1.165, 1.54) is 11.3 Å². The van der Waals surface area contributed by atoms with E-state index in [1.54, 1.807) is 18.3 Å². The minimum atomic E-state index is -0.0627. The fraction of sp³-hybridized carbons (Fsp3) is 0.111. The number of nitrogens with two attached hydrogens (primary N) is 1. The minimum absolute atomic E-state index is 0.0627. The molecule has 72 valence electrons. The molecular formula is C9H9N3OS. The summed E-state index contributed by atoms with van der Waals surface area (Å²) in [7, 11) is 0.